The normalized spacial score (nSPS) is 9.65. The van der Waals surface area contributed by atoms with Crippen molar-refractivity contribution in [2.75, 3.05) is 6.54 Å². The van der Waals surface area contributed by atoms with Crippen molar-refractivity contribution in [3.63, 3.8) is 0 Å². The van der Waals surface area contributed by atoms with Crippen LogP contribution in [0.1, 0.15) is 20.8 Å². The molecule has 0 bridgehead atoms. The lowest BCUT2D eigenvalue weighted by Crippen LogP contribution is -2.23. The van der Waals surface area contributed by atoms with E-state index in [1.54, 1.807) is 6.07 Å². The monoisotopic (exact) mass is 287 g/mol. The number of aromatic amines is 1. The molecule has 0 aromatic carbocycles. The molecule has 2 heterocycles. The largest absolute Gasteiger partial charge is 0.347 e. The molecule has 1 amide bonds. The lowest BCUT2D eigenvalue weighted by Gasteiger charge is -2.02. The number of pyridine rings is 1. The molecule has 0 unspecified atom stereocenters. The average Bonchev–Trinajstić information content (AvgIpc) is 2.90. The van der Waals surface area contributed by atoms with Crippen LogP contribution in [0, 0.1) is 11.8 Å². The van der Waals surface area contributed by atoms with E-state index in [2.05, 4.69) is 22.1 Å². The lowest BCUT2D eigenvalue weighted by atomic mass is 10.2. The molecule has 0 aliphatic heterocycles. The first-order valence-electron chi connectivity index (χ1n) is 5.92. The third-order valence-electron chi connectivity index (χ3n) is 2.45. The Kier molecular flexibility index (Phi) is 4.71. The number of hydrogen-bond acceptors (Lipinski definition) is 4. The second-order valence-corrected chi connectivity index (χ2v) is 4.93. The Hall–Kier alpha value is -2.36. The SMILES string of the molecule is NCC#Cc1csc(CNC(=O)c2cc[nH]c(=O)c2)c1. The van der Waals surface area contributed by atoms with Crippen molar-refractivity contribution in [2.45, 2.75) is 6.54 Å². The van der Waals surface area contributed by atoms with Crippen molar-refractivity contribution in [1.29, 1.82) is 0 Å². The number of amides is 1. The number of carbonyl (C=O) groups is 1. The van der Waals surface area contributed by atoms with E-state index in [0.29, 0.717) is 18.7 Å². The van der Waals surface area contributed by atoms with Gasteiger partial charge in [0.2, 0.25) is 5.56 Å². The predicted octanol–water partition coefficient (Wildman–Crippen LogP) is 0.677. The third kappa shape index (κ3) is 3.82. The van der Waals surface area contributed by atoms with E-state index in [0.717, 1.165) is 10.4 Å². The highest BCUT2D eigenvalue weighted by Gasteiger charge is 2.06. The summed E-state index contributed by atoms with van der Waals surface area (Å²) in [6.45, 7) is 0.727. The van der Waals surface area contributed by atoms with Gasteiger partial charge in [0.25, 0.3) is 5.91 Å². The molecule has 5 nitrogen and oxygen atoms in total. The fourth-order valence-corrected chi connectivity index (χ4v) is 2.30. The zero-order valence-electron chi connectivity index (χ0n) is 10.6. The molecule has 2 aromatic rings. The first-order chi connectivity index (χ1) is 9.69. The topological polar surface area (TPSA) is 88.0 Å². The summed E-state index contributed by atoms with van der Waals surface area (Å²) in [4.78, 5) is 26.4. The number of hydrogen-bond donors (Lipinski definition) is 3. The van der Waals surface area contributed by atoms with Crippen LogP contribution in [-0.4, -0.2) is 17.4 Å². The zero-order chi connectivity index (χ0) is 14.4. The smallest absolute Gasteiger partial charge is 0.251 e. The highest BCUT2D eigenvalue weighted by Crippen LogP contribution is 2.13. The first-order valence-corrected chi connectivity index (χ1v) is 6.80. The molecule has 0 atom stereocenters. The van der Waals surface area contributed by atoms with Gasteiger partial charge in [0.15, 0.2) is 0 Å². The van der Waals surface area contributed by atoms with Gasteiger partial charge in [-0.05, 0) is 12.1 Å². The predicted molar refractivity (Wildman–Crippen MR) is 78.5 cm³/mol. The van der Waals surface area contributed by atoms with E-state index in [1.165, 1.54) is 23.6 Å². The van der Waals surface area contributed by atoms with Gasteiger partial charge < -0.3 is 16.0 Å². The van der Waals surface area contributed by atoms with Crippen LogP contribution >= 0.6 is 11.3 Å². The van der Waals surface area contributed by atoms with Crippen LogP contribution in [0.3, 0.4) is 0 Å². The van der Waals surface area contributed by atoms with Crippen LogP contribution in [0.2, 0.25) is 0 Å². The fraction of sp³-hybridized carbons (Fsp3) is 0.143. The minimum absolute atomic E-state index is 0.279. The van der Waals surface area contributed by atoms with E-state index < -0.39 is 0 Å². The molecule has 0 radical (unpaired) electrons. The average molecular weight is 287 g/mol. The van der Waals surface area contributed by atoms with Crippen molar-refractivity contribution >= 4 is 17.2 Å². The summed E-state index contributed by atoms with van der Waals surface area (Å²) >= 11 is 1.51. The summed E-state index contributed by atoms with van der Waals surface area (Å²) in [5, 5.41) is 4.67. The fourth-order valence-electron chi connectivity index (χ4n) is 1.55. The van der Waals surface area contributed by atoms with Crippen LogP contribution in [0.4, 0.5) is 0 Å². The minimum atomic E-state index is -0.298. The molecule has 0 aliphatic carbocycles. The van der Waals surface area contributed by atoms with Gasteiger partial charge in [-0.25, -0.2) is 0 Å². The van der Waals surface area contributed by atoms with Crippen LogP contribution in [0.5, 0.6) is 0 Å². The van der Waals surface area contributed by atoms with Crippen molar-refractivity contribution in [1.82, 2.24) is 10.3 Å². The zero-order valence-corrected chi connectivity index (χ0v) is 11.4. The van der Waals surface area contributed by atoms with Gasteiger partial charge in [-0.2, -0.15) is 0 Å². The minimum Gasteiger partial charge on any atom is -0.347 e. The van der Waals surface area contributed by atoms with Gasteiger partial charge >= 0.3 is 0 Å². The number of thiophene rings is 1. The molecule has 102 valence electrons. The van der Waals surface area contributed by atoms with Gasteiger partial charge in [0.05, 0.1) is 13.1 Å². The molecule has 0 fully saturated rings. The van der Waals surface area contributed by atoms with Crippen LogP contribution < -0.4 is 16.6 Å². The van der Waals surface area contributed by atoms with E-state index >= 15 is 0 Å². The van der Waals surface area contributed by atoms with Crippen LogP contribution in [0.15, 0.2) is 34.6 Å². The number of nitrogens with two attached hydrogens (primary N) is 1. The van der Waals surface area contributed by atoms with Crippen LogP contribution in [0.25, 0.3) is 0 Å². The maximum Gasteiger partial charge on any atom is 0.251 e. The molecule has 6 heteroatoms. The van der Waals surface area contributed by atoms with E-state index in [4.69, 9.17) is 5.73 Å². The van der Waals surface area contributed by atoms with Gasteiger partial charge in [0, 0.05) is 33.6 Å². The summed E-state index contributed by atoms with van der Waals surface area (Å²) in [5.74, 6) is 5.42. The molecular formula is C14H13N3O2S. The standard InChI is InChI=1S/C14H13N3O2S/c15-4-1-2-10-6-12(20-9-10)8-17-14(19)11-3-5-16-13(18)7-11/h3,5-7,9H,4,8,15H2,(H,16,18)(H,17,19). The second kappa shape index (κ2) is 6.70. The Morgan fingerprint density at radius 3 is 3.05 bits per heavy atom. The maximum absolute atomic E-state index is 11.8. The van der Waals surface area contributed by atoms with Gasteiger partial charge in [0.1, 0.15) is 0 Å². The molecule has 0 aliphatic rings. The molecule has 4 N–H and O–H groups in total. The number of nitrogens with one attached hydrogen (secondary N) is 2. The second-order valence-electron chi connectivity index (χ2n) is 3.93. The molecule has 0 saturated carbocycles. The van der Waals surface area contributed by atoms with Crippen LogP contribution in [-0.2, 0) is 6.54 Å². The summed E-state index contributed by atoms with van der Waals surface area (Å²) in [6, 6.07) is 4.73. The van der Waals surface area contributed by atoms with Gasteiger partial charge in [-0.3, -0.25) is 9.59 Å². The maximum atomic E-state index is 11.8. The Morgan fingerprint density at radius 1 is 1.45 bits per heavy atom. The van der Waals surface area contributed by atoms with E-state index in [9.17, 15) is 9.59 Å². The number of carbonyl (C=O) groups excluding carboxylic acids is 1. The van der Waals surface area contributed by atoms with Gasteiger partial charge in [-0.15, -0.1) is 11.3 Å². The Bertz CT molecular complexity index is 722. The Balaban J connectivity index is 1.96. The molecule has 0 saturated heterocycles. The molecular weight excluding hydrogens is 274 g/mol. The van der Waals surface area contributed by atoms with Crippen molar-refractivity contribution in [3.05, 3.63) is 56.1 Å². The third-order valence-corrected chi connectivity index (χ3v) is 3.39. The highest BCUT2D eigenvalue weighted by atomic mass is 32.1. The number of H-pyrrole nitrogens is 1. The van der Waals surface area contributed by atoms with E-state index in [-0.39, 0.29) is 11.5 Å². The molecule has 2 rings (SSSR count). The van der Waals surface area contributed by atoms with E-state index in [1.807, 2.05) is 11.4 Å². The molecule has 2 aromatic heterocycles. The number of rotatable bonds is 3. The van der Waals surface area contributed by atoms with Crippen molar-refractivity contribution in [3.8, 4) is 11.8 Å². The quantitative estimate of drug-likeness (QED) is 0.725. The summed E-state index contributed by atoms with van der Waals surface area (Å²) < 4.78 is 0. The summed E-state index contributed by atoms with van der Waals surface area (Å²) in [5.41, 5.74) is 6.24. The summed E-state index contributed by atoms with van der Waals surface area (Å²) in [6.07, 6.45) is 1.45. The first kappa shape index (κ1) is 14.1. The highest BCUT2D eigenvalue weighted by molar-refractivity contribution is 7.10. The number of aromatic nitrogens is 1. The molecule has 20 heavy (non-hydrogen) atoms. The Morgan fingerprint density at radius 2 is 2.30 bits per heavy atom. The van der Waals surface area contributed by atoms with Crippen molar-refractivity contribution in [2.24, 2.45) is 5.73 Å². The molecule has 0 spiro atoms. The summed E-state index contributed by atoms with van der Waals surface area (Å²) in [7, 11) is 0. The van der Waals surface area contributed by atoms with Crippen molar-refractivity contribution < 1.29 is 4.79 Å². The van der Waals surface area contributed by atoms with Gasteiger partial charge in [-0.1, -0.05) is 11.8 Å². The Labute approximate surface area is 119 Å². The lowest BCUT2D eigenvalue weighted by molar-refractivity contribution is 0.0951.